The summed E-state index contributed by atoms with van der Waals surface area (Å²) in [7, 11) is 1.65. The molecule has 40 heavy (non-hydrogen) atoms. The van der Waals surface area contributed by atoms with Crippen LogP contribution in [0, 0.1) is 0 Å². The molecule has 1 aliphatic rings. The third-order valence-corrected chi connectivity index (χ3v) is 6.38. The molecule has 1 saturated heterocycles. The number of amides is 1. The zero-order valence-corrected chi connectivity index (χ0v) is 20.9. The Kier molecular flexibility index (Phi) is 5.70. The number of pyridine rings is 1. The van der Waals surface area contributed by atoms with Crippen LogP contribution in [0.15, 0.2) is 55.0 Å². The molecule has 5 aromatic rings. The lowest BCUT2D eigenvalue weighted by Crippen LogP contribution is -2.41. The lowest BCUT2D eigenvalue weighted by atomic mass is 10.1. The summed E-state index contributed by atoms with van der Waals surface area (Å²) in [4.78, 5) is 32.0. The second-order valence-electron chi connectivity index (χ2n) is 9.01. The zero-order chi connectivity index (χ0) is 30.3. The number of likely N-dealkylation sites (N-methyl/N-ethyl adjacent to an activating group) is 1. The SMILES string of the molecule is [2H]C([2H])([2H])NC(=O)[C@H]1O[C@@H](n2cnc3c(NCc4ccccc4)nc(-c4ccc(-c5nnn(C)n5)nc4)nc32)[C@H](O)[C@@H]1O. The van der Waals surface area contributed by atoms with E-state index in [0.717, 1.165) is 5.56 Å². The minimum absolute atomic E-state index is 0.216. The summed E-state index contributed by atoms with van der Waals surface area (Å²) in [6, 6.07) is 13.1. The number of ether oxygens (including phenoxy) is 1. The van der Waals surface area contributed by atoms with Crippen molar-refractivity contribution in [1.29, 1.82) is 0 Å². The molecule has 0 bridgehead atoms. The molecule has 0 spiro atoms. The van der Waals surface area contributed by atoms with Gasteiger partial charge in [-0.2, -0.15) is 4.80 Å². The number of carbonyl (C=O) groups excluding carboxylic acids is 1. The molecule has 4 N–H and O–H groups in total. The second-order valence-corrected chi connectivity index (χ2v) is 9.01. The van der Waals surface area contributed by atoms with Gasteiger partial charge in [0.05, 0.1) is 13.4 Å². The van der Waals surface area contributed by atoms with Gasteiger partial charge in [-0.15, -0.1) is 10.2 Å². The highest BCUT2D eigenvalue weighted by atomic mass is 16.6. The first-order valence-corrected chi connectivity index (χ1v) is 12.1. The number of benzene rings is 1. The molecule has 0 aliphatic carbocycles. The standard InChI is InChI=1S/C25H25N11O4/c1-26-24(39)19-17(37)18(38)25(40-19)36-12-29-16-22(28-10-13-6-4-3-5-7-13)30-20(31-23(16)36)14-8-9-15(27-11-14)21-32-34-35(2)33-21/h3-9,11-12,17-19,25,37-38H,10H2,1-2H3,(H,26,39)(H,28,30,31)/t17-,18+,19-,25+/m0/s1/i1D3. The number of anilines is 1. The molecule has 6 rings (SSSR count). The maximum Gasteiger partial charge on any atom is 0.251 e. The number of aryl methyl sites for hydroxylation is 1. The second kappa shape index (κ2) is 10.4. The van der Waals surface area contributed by atoms with Crippen molar-refractivity contribution in [2.75, 3.05) is 12.3 Å². The Balaban J connectivity index is 1.38. The fourth-order valence-corrected chi connectivity index (χ4v) is 4.36. The Morgan fingerprint density at radius 3 is 2.67 bits per heavy atom. The van der Waals surface area contributed by atoms with Crippen molar-refractivity contribution in [3.05, 3.63) is 60.6 Å². The van der Waals surface area contributed by atoms with Crippen LogP contribution < -0.4 is 10.6 Å². The topological polar surface area (TPSA) is 191 Å². The van der Waals surface area contributed by atoms with Gasteiger partial charge < -0.3 is 25.6 Å². The van der Waals surface area contributed by atoms with E-state index in [9.17, 15) is 15.0 Å². The van der Waals surface area contributed by atoms with Gasteiger partial charge in [0.25, 0.3) is 5.91 Å². The van der Waals surface area contributed by atoms with Crippen molar-refractivity contribution >= 4 is 22.9 Å². The Hall–Kier alpha value is -4.86. The maximum atomic E-state index is 12.5. The van der Waals surface area contributed by atoms with Gasteiger partial charge in [0.15, 0.2) is 35.1 Å². The van der Waals surface area contributed by atoms with Gasteiger partial charge in [0.1, 0.15) is 17.9 Å². The summed E-state index contributed by atoms with van der Waals surface area (Å²) in [6.07, 6.45) is -3.41. The highest BCUT2D eigenvalue weighted by Gasteiger charge is 2.47. The van der Waals surface area contributed by atoms with Gasteiger partial charge in [0, 0.05) is 29.4 Å². The number of rotatable bonds is 7. The highest BCUT2D eigenvalue weighted by Crippen LogP contribution is 2.33. The fourth-order valence-electron chi connectivity index (χ4n) is 4.36. The average molecular weight is 547 g/mol. The minimum atomic E-state index is -2.81. The summed E-state index contributed by atoms with van der Waals surface area (Å²) in [5.41, 5.74) is 2.55. The lowest BCUT2D eigenvalue weighted by Gasteiger charge is -2.17. The molecular weight excluding hydrogens is 518 g/mol. The Morgan fingerprint density at radius 2 is 1.95 bits per heavy atom. The summed E-state index contributed by atoms with van der Waals surface area (Å²) < 4.78 is 28.9. The number of carbonyl (C=O) groups is 1. The lowest BCUT2D eigenvalue weighted by molar-refractivity contribution is -0.137. The van der Waals surface area contributed by atoms with Crippen LogP contribution in [0.3, 0.4) is 0 Å². The maximum absolute atomic E-state index is 12.5. The molecule has 204 valence electrons. The Morgan fingerprint density at radius 1 is 1.10 bits per heavy atom. The number of imidazole rings is 1. The van der Waals surface area contributed by atoms with E-state index in [0.29, 0.717) is 35.0 Å². The van der Waals surface area contributed by atoms with E-state index in [1.54, 1.807) is 30.7 Å². The predicted octanol–water partition coefficient (Wildman–Crippen LogP) is 0.0561. The molecule has 1 aromatic carbocycles. The number of aliphatic hydroxyl groups excluding tert-OH is 2. The van der Waals surface area contributed by atoms with E-state index >= 15 is 0 Å². The van der Waals surface area contributed by atoms with Crippen LogP contribution in [0.25, 0.3) is 34.1 Å². The molecular formula is C25H25N11O4. The molecule has 5 heterocycles. The van der Waals surface area contributed by atoms with Gasteiger partial charge in [-0.25, -0.2) is 15.0 Å². The smallest absolute Gasteiger partial charge is 0.251 e. The van der Waals surface area contributed by atoms with E-state index in [1.165, 1.54) is 15.7 Å². The first-order valence-electron chi connectivity index (χ1n) is 13.6. The third kappa shape index (κ3) is 4.61. The molecule has 0 saturated carbocycles. The summed E-state index contributed by atoms with van der Waals surface area (Å²) in [5, 5.41) is 38.4. The van der Waals surface area contributed by atoms with Crippen molar-refractivity contribution in [2.45, 2.75) is 31.1 Å². The number of tetrazole rings is 1. The van der Waals surface area contributed by atoms with E-state index < -0.39 is 37.4 Å². The zero-order valence-electron chi connectivity index (χ0n) is 23.9. The number of aromatic nitrogens is 9. The van der Waals surface area contributed by atoms with Crippen molar-refractivity contribution in [1.82, 2.24) is 50.0 Å². The number of aliphatic hydroxyl groups is 2. The molecule has 0 unspecified atom stereocenters. The van der Waals surface area contributed by atoms with Crippen LogP contribution in [0.2, 0.25) is 0 Å². The molecule has 15 heteroatoms. The number of nitrogens with one attached hydrogen (secondary N) is 2. The summed E-state index contributed by atoms with van der Waals surface area (Å²) in [6.45, 7) is -2.40. The van der Waals surface area contributed by atoms with Crippen LogP contribution in [0.4, 0.5) is 5.82 Å². The average Bonchev–Trinajstić information content (AvgIpc) is 3.69. The van der Waals surface area contributed by atoms with Gasteiger partial charge >= 0.3 is 0 Å². The highest BCUT2D eigenvalue weighted by molar-refractivity contribution is 5.85. The quantitative estimate of drug-likeness (QED) is 0.215. The van der Waals surface area contributed by atoms with E-state index in [1.807, 2.05) is 30.3 Å². The van der Waals surface area contributed by atoms with Crippen molar-refractivity contribution in [3.8, 4) is 22.9 Å². The monoisotopic (exact) mass is 546 g/mol. The summed E-state index contributed by atoms with van der Waals surface area (Å²) >= 11 is 0. The van der Waals surface area contributed by atoms with E-state index in [2.05, 4.69) is 40.7 Å². The number of hydrogen-bond donors (Lipinski definition) is 4. The van der Waals surface area contributed by atoms with E-state index in [-0.39, 0.29) is 11.5 Å². The third-order valence-electron chi connectivity index (χ3n) is 6.38. The first kappa shape index (κ1) is 22.0. The molecule has 15 nitrogen and oxygen atoms in total. The summed E-state index contributed by atoms with van der Waals surface area (Å²) in [5.74, 6) is -0.132. The Bertz CT molecular complexity index is 1760. The van der Waals surface area contributed by atoms with Crippen LogP contribution in [-0.4, -0.2) is 86.1 Å². The van der Waals surface area contributed by atoms with Crippen LogP contribution in [-0.2, 0) is 23.1 Å². The van der Waals surface area contributed by atoms with Crippen molar-refractivity contribution in [2.24, 2.45) is 7.05 Å². The number of fused-ring (bicyclic) bond motifs is 1. The molecule has 1 aliphatic heterocycles. The largest absolute Gasteiger partial charge is 0.387 e. The van der Waals surface area contributed by atoms with Gasteiger partial charge in [-0.3, -0.25) is 14.3 Å². The fraction of sp³-hybridized carbons (Fsp3) is 0.280. The first-order chi connectivity index (χ1) is 20.6. The molecule has 4 aromatic heterocycles. The van der Waals surface area contributed by atoms with Crippen LogP contribution in [0.1, 0.15) is 15.9 Å². The van der Waals surface area contributed by atoms with Crippen LogP contribution in [0.5, 0.6) is 0 Å². The number of nitrogens with zero attached hydrogens (tertiary/aromatic N) is 9. The van der Waals surface area contributed by atoms with Crippen molar-refractivity contribution < 1.29 is 23.9 Å². The molecule has 4 atom stereocenters. The number of hydrogen-bond acceptors (Lipinski definition) is 12. The van der Waals surface area contributed by atoms with Gasteiger partial charge in [-0.1, -0.05) is 30.3 Å². The molecule has 1 fully saturated rings. The normalized spacial score (nSPS) is 22.0. The van der Waals surface area contributed by atoms with Crippen LogP contribution >= 0.6 is 0 Å². The van der Waals surface area contributed by atoms with Gasteiger partial charge in [0.2, 0.25) is 5.82 Å². The molecule has 1 amide bonds. The Labute approximate surface area is 231 Å². The van der Waals surface area contributed by atoms with Gasteiger partial charge in [-0.05, 0) is 22.9 Å². The van der Waals surface area contributed by atoms with E-state index in [4.69, 9.17) is 8.85 Å². The molecule has 0 radical (unpaired) electrons. The van der Waals surface area contributed by atoms with Crippen molar-refractivity contribution in [3.63, 3.8) is 0 Å². The predicted molar refractivity (Wildman–Crippen MR) is 140 cm³/mol. The minimum Gasteiger partial charge on any atom is -0.387 e.